The van der Waals surface area contributed by atoms with E-state index in [9.17, 15) is 8.78 Å². The molecule has 0 saturated carbocycles. The van der Waals surface area contributed by atoms with Crippen LogP contribution in [-0.2, 0) is 0 Å². The van der Waals surface area contributed by atoms with Crippen LogP contribution in [-0.4, -0.2) is 23.6 Å². The van der Waals surface area contributed by atoms with Crippen LogP contribution in [0.15, 0.2) is 30.6 Å². The summed E-state index contributed by atoms with van der Waals surface area (Å²) in [5.74, 6) is -0.892. The minimum Gasteiger partial charge on any atom is -0.481 e. The maximum absolute atomic E-state index is 13.9. The van der Waals surface area contributed by atoms with Gasteiger partial charge in [0.05, 0.1) is 18.8 Å². The zero-order chi connectivity index (χ0) is 14.5. The first-order valence-corrected chi connectivity index (χ1v) is 6.20. The highest BCUT2D eigenvalue weighted by Crippen LogP contribution is 2.26. The lowest BCUT2D eigenvalue weighted by Gasteiger charge is -2.19. The standard InChI is InChI=1S/C14H15F2N3O/c1-3-17-14(11-7-12(20-2)19-8-18-11)13-9(15)5-4-6-10(13)16/h4-8,14,17H,3H2,1-2H3. The number of rotatable bonds is 5. The molecule has 0 bridgehead atoms. The molecule has 20 heavy (non-hydrogen) atoms. The Kier molecular flexibility index (Phi) is 4.57. The van der Waals surface area contributed by atoms with E-state index in [4.69, 9.17) is 4.74 Å². The van der Waals surface area contributed by atoms with Gasteiger partial charge in [0.15, 0.2) is 0 Å². The van der Waals surface area contributed by atoms with Gasteiger partial charge < -0.3 is 10.1 Å². The first-order valence-electron chi connectivity index (χ1n) is 6.20. The quantitative estimate of drug-likeness (QED) is 0.913. The Morgan fingerprint density at radius 3 is 2.55 bits per heavy atom. The maximum Gasteiger partial charge on any atom is 0.216 e. The van der Waals surface area contributed by atoms with E-state index in [1.165, 1.54) is 31.6 Å². The van der Waals surface area contributed by atoms with Crippen molar-refractivity contribution in [2.24, 2.45) is 0 Å². The van der Waals surface area contributed by atoms with Crippen LogP contribution >= 0.6 is 0 Å². The summed E-state index contributed by atoms with van der Waals surface area (Å²) in [5, 5.41) is 3.02. The Morgan fingerprint density at radius 2 is 1.95 bits per heavy atom. The molecule has 6 heteroatoms. The number of nitrogens with zero attached hydrogens (tertiary/aromatic N) is 2. The van der Waals surface area contributed by atoms with Crippen molar-refractivity contribution in [2.45, 2.75) is 13.0 Å². The Balaban J connectivity index is 2.50. The van der Waals surface area contributed by atoms with Gasteiger partial charge in [0.2, 0.25) is 5.88 Å². The van der Waals surface area contributed by atoms with Crippen molar-refractivity contribution in [2.75, 3.05) is 13.7 Å². The van der Waals surface area contributed by atoms with E-state index in [1.54, 1.807) is 6.07 Å². The van der Waals surface area contributed by atoms with Crippen LogP contribution in [0.1, 0.15) is 24.2 Å². The molecule has 0 aliphatic heterocycles. The van der Waals surface area contributed by atoms with Gasteiger partial charge in [0.25, 0.3) is 0 Å². The third-order valence-electron chi connectivity index (χ3n) is 2.86. The van der Waals surface area contributed by atoms with Gasteiger partial charge in [0, 0.05) is 11.6 Å². The molecule has 2 rings (SSSR count). The number of aromatic nitrogens is 2. The summed E-state index contributed by atoms with van der Waals surface area (Å²) in [5.41, 5.74) is 0.387. The smallest absolute Gasteiger partial charge is 0.216 e. The molecule has 0 aliphatic rings. The molecule has 1 aromatic carbocycles. The Hall–Kier alpha value is -2.08. The third-order valence-corrected chi connectivity index (χ3v) is 2.86. The molecule has 0 fully saturated rings. The molecular weight excluding hydrogens is 264 g/mol. The molecule has 2 aromatic rings. The topological polar surface area (TPSA) is 47.0 Å². The van der Waals surface area contributed by atoms with Gasteiger partial charge >= 0.3 is 0 Å². The average Bonchev–Trinajstić information content (AvgIpc) is 2.46. The highest BCUT2D eigenvalue weighted by atomic mass is 19.1. The summed E-state index contributed by atoms with van der Waals surface area (Å²) in [4.78, 5) is 7.97. The zero-order valence-electron chi connectivity index (χ0n) is 11.2. The van der Waals surface area contributed by atoms with Gasteiger partial charge in [-0.25, -0.2) is 18.7 Å². The Morgan fingerprint density at radius 1 is 1.25 bits per heavy atom. The molecule has 0 aliphatic carbocycles. The predicted molar refractivity (Wildman–Crippen MR) is 70.5 cm³/mol. The second-order valence-electron chi connectivity index (χ2n) is 4.11. The Bertz CT molecular complexity index is 572. The molecular formula is C14H15F2N3O. The normalized spacial score (nSPS) is 12.2. The molecule has 1 aromatic heterocycles. The molecule has 106 valence electrons. The fourth-order valence-electron chi connectivity index (χ4n) is 1.97. The number of methoxy groups -OCH3 is 1. The fraction of sp³-hybridized carbons (Fsp3) is 0.286. The molecule has 0 saturated heterocycles. The van der Waals surface area contributed by atoms with Crippen molar-refractivity contribution in [3.63, 3.8) is 0 Å². The molecule has 1 heterocycles. The van der Waals surface area contributed by atoms with Crippen LogP contribution in [0.25, 0.3) is 0 Å². The van der Waals surface area contributed by atoms with Crippen molar-refractivity contribution in [1.29, 1.82) is 0 Å². The second-order valence-corrected chi connectivity index (χ2v) is 4.11. The molecule has 0 amide bonds. The van der Waals surface area contributed by atoms with Crippen molar-refractivity contribution in [1.82, 2.24) is 15.3 Å². The number of ether oxygens (including phenoxy) is 1. The Labute approximate surface area is 115 Å². The molecule has 0 radical (unpaired) electrons. The SMILES string of the molecule is CCNC(c1cc(OC)ncn1)c1c(F)cccc1F. The van der Waals surface area contributed by atoms with E-state index in [2.05, 4.69) is 15.3 Å². The summed E-state index contributed by atoms with van der Waals surface area (Å²) < 4.78 is 32.9. The molecule has 4 nitrogen and oxygen atoms in total. The van der Waals surface area contributed by atoms with Gasteiger partial charge in [0.1, 0.15) is 18.0 Å². The van der Waals surface area contributed by atoms with E-state index in [0.717, 1.165) is 0 Å². The summed E-state index contributed by atoms with van der Waals surface area (Å²) in [7, 11) is 1.47. The second kappa shape index (κ2) is 6.38. The minimum absolute atomic E-state index is 0.0601. The van der Waals surface area contributed by atoms with Crippen LogP contribution in [0.2, 0.25) is 0 Å². The summed E-state index contributed by atoms with van der Waals surface area (Å²) in [6, 6.07) is 4.64. The minimum atomic E-state index is -0.696. The number of nitrogens with one attached hydrogen (secondary N) is 1. The van der Waals surface area contributed by atoms with Crippen molar-refractivity contribution in [3.05, 3.63) is 53.5 Å². The van der Waals surface area contributed by atoms with E-state index in [1.807, 2.05) is 6.92 Å². The van der Waals surface area contributed by atoms with Gasteiger partial charge in [-0.05, 0) is 18.7 Å². The summed E-state index contributed by atoms with van der Waals surface area (Å²) in [6.07, 6.45) is 1.30. The number of halogens is 2. The summed E-state index contributed by atoms with van der Waals surface area (Å²) >= 11 is 0. The van der Waals surface area contributed by atoms with Crippen molar-refractivity contribution < 1.29 is 13.5 Å². The van der Waals surface area contributed by atoms with Crippen LogP contribution in [0.4, 0.5) is 8.78 Å². The lowest BCUT2D eigenvalue weighted by Crippen LogP contribution is -2.25. The summed E-state index contributed by atoms with van der Waals surface area (Å²) in [6.45, 7) is 2.38. The number of hydrogen-bond donors (Lipinski definition) is 1. The zero-order valence-corrected chi connectivity index (χ0v) is 11.2. The largest absolute Gasteiger partial charge is 0.481 e. The third kappa shape index (κ3) is 2.91. The highest BCUT2D eigenvalue weighted by Gasteiger charge is 2.22. The average molecular weight is 279 g/mol. The van der Waals surface area contributed by atoms with E-state index in [0.29, 0.717) is 18.1 Å². The fourth-order valence-corrected chi connectivity index (χ4v) is 1.97. The first kappa shape index (κ1) is 14.3. The predicted octanol–water partition coefficient (Wildman–Crippen LogP) is 2.46. The monoisotopic (exact) mass is 279 g/mol. The molecule has 1 unspecified atom stereocenters. The lowest BCUT2D eigenvalue weighted by molar-refractivity contribution is 0.394. The van der Waals surface area contributed by atoms with E-state index >= 15 is 0 Å². The lowest BCUT2D eigenvalue weighted by atomic mass is 10.0. The van der Waals surface area contributed by atoms with E-state index in [-0.39, 0.29) is 5.56 Å². The van der Waals surface area contributed by atoms with E-state index < -0.39 is 17.7 Å². The van der Waals surface area contributed by atoms with Gasteiger partial charge in [-0.3, -0.25) is 0 Å². The van der Waals surface area contributed by atoms with Gasteiger partial charge in [-0.15, -0.1) is 0 Å². The first-order chi connectivity index (χ1) is 9.67. The van der Waals surface area contributed by atoms with Gasteiger partial charge in [-0.2, -0.15) is 0 Å². The van der Waals surface area contributed by atoms with Crippen molar-refractivity contribution in [3.8, 4) is 5.88 Å². The van der Waals surface area contributed by atoms with Crippen molar-refractivity contribution >= 4 is 0 Å². The molecule has 1 atom stereocenters. The molecule has 1 N–H and O–H groups in total. The highest BCUT2D eigenvalue weighted by molar-refractivity contribution is 5.31. The van der Waals surface area contributed by atoms with Crippen LogP contribution in [0.3, 0.4) is 0 Å². The number of hydrogen-bond acceptors (Lipinski definition) is 4. The van der Waals surface area contributed by atoms with Gasteiger partial charge in [-0.1, -0.05) is 13.0 Å². The molecule has 0 spiro atoms. The number of benzene rings is 1. The van der Waals surface area contributed by atoms with Crippen LogP contribution < -0.4 is 10.1 Å². The maximum atomic E-state index is 13.9. The van der Waals surface area contributed by atoms with Crippen LogP contribution in [0.5, 0.6) is 5.88 Å². The van der Waals surface area contributed by atoms with Crippen LogP contribution in [0, 0.1) is 11.6 Å².